The molecule has 1 heterocycles. The van der Waals surface area contributed by atoms with Crippen LogP contribution in [-0.4, -0.2) is 26.1 Å². The van der Waals surface area contributed by atoms with Crippen LogP contribution in [0.3, 0.4) is 0 Å². The zero-order chi connectivity index (χ0) is 18.8. The number of cyclic esters (lactones) is 1. The van der Waals surface area contributed by atoms with Crippen molar-refractivity contribution >= 4 is 28.7 Å². The fourth-order valence-corrected chi connectivity index (χ4v) is 2.92. The molecule has 0 unspecified atom stereocenters. The molecule has 0 atom stereocenters. The minimum atomic E-state index is -0.486. The molecular weight excluding hydrogens is 342 g/mol. The second-order valence-corrected chi connectivity index (χ2v) is 6.04. The summed E-state index contributed by atoms with van der Waals surface area (Å²) in [5, 5.41) is 2.24. The van der Waals surface area contributed by atoms with E-state index in [0.29, 0.717) is 17.1 Å². The Balaban J connectivity index is 1.71. The van der Waals surface area contributed by atoms with Crippen LogP contribution in [0.5, 0.6) is 11.5 Å². The van der Waals surface area contributed by atoms with Gasteiger partial charge in [-0.25, -0.2) is 9.79 Å². The van der Waals surface area contributed by atoms with Crippen molar-refractivity contribution in [2.24, 2.45) is 4.99 Å². The molecule has 0 amide bonds. The third-order valence-electron chi connectivity index (χ3n) is 4.30. The molecule has 3 aromatic carbocycles. The van der Waals surface area contributed by atoms with E-state index in [4.69, 9.17) is 14.2 Å². The predicted octanol–water partition coefficient (Wildman–Crippen LogP) is 4.20. The van der Waals surface area contributed by atoms with Crippen molar-refractivity contribution in [1.82, 2.24) is 0 Å². The second kappa shape index (κ2) is 6.96. The number of benzene rings is 3. The molecule has 0 bridgehead atoms. The Labute approximate surface area is 156 Å². The zero-order valence-electron chi connectivity index (χ0n) is 14.9. The molecule has 0 saturated heterocycles. The first-order valence-corrected chi connectivity index (χ1v) is 8.41. The van der Waals surface area contributed by atoms with E-state index in [-0.39, 0.29) is 11.6 Å². The summed E-state index contributed by atoms with van der Waals surface area (Å²) >= 11 is 0. The smallest absolute Gasteiger partial charge is 0.363 e. The molecule has 0 radical (unpaired) electrons. The Morgan fingerprint density at radius 2 is 1.59 bits per heavy atom. The van der Waals surface area contributed by atoms with E-state index in [2.05, 4.69) is 4.99 Å². The molecule has 3 aromatic rings. The van der Waals surface area contributed by atoms with Gasteiger partial charge in [-0.3, -0.25) is 0 Å². The molecule has 134 valence electrons. The number of nitrogens with zero attached hydrogens (tertiary/aromatic N) is 1. The van der Waals surface area contributed by atoms with E-state index in [1.807, 2.05) is 42.5 Å². The first-order valence-electron chi connectivity index (χ1n) is 8.41. The Kier molecular flexibility index (Phi) is 4.34. The van der Waals surface area contributed by atoms with Crippen LogP contribution in [0.25, 0.3) is 16.8 Å². The van der Waals surface area contributed by atoms with Crippen LogP contribution < -0.4 is 9.47 Å². The third kappa shape index (κ3) is 3.40. The third-order valence-corrected chi connectivity index (χ3v) is 4.30. The first-order chi connectivity index (χ1) is 13.2. The summed E-state index contributed by atoms with van der Waals surface area (Å²) in [6.07, 6.45) is 1.72. The van der Waals surface area contributed by atoms with Gasteiger partial charge in [0.1, 0.15) is 11.5 Å². The fourth-order valence-electron chi connectivity index (χ4n) is 2.92. The van der Waals surface area contributed by atoms with Crippen molar-refractivity contribution in [1.29, 1.82) is 0 Å². The summed E-state index contributed by atoms with van der Waals surface area (Å²) in [4.78, 5) is 16.6. The van der Waals surface area contributed by atoms with Crippen LogP contribution in [-0.2, 0) is 9.53 Å². The van der Waals surface area contributed by atoms with Gasteiger partial charge in [-0.2, -0.15) is 0 Å². The van der Waals surface area contributed by atoms with Crippen molar-refractivity contribution in [3.05, 3.63) is 77.5 Å². The maximum Gasteiger partial charge on any atom is 0.363 e. The van der Waals surface area contributed by atoms with Gasteiger partial charge < -0.3 is 14.2 Å². The fraction of sp³-hybridized carbons (Fsp3) is 0.0909. The number of ether oxygens (including phenoxy) is 3. The van der Waals surface area contributed by atoms with Gasteiger partial charge in [0.05, 0.1) is 14.2 Å². The number of esters is 1. The lowest BCUT2D eigenvalue weighted by Gasteiger charge is -2.07. The predicted molar refractivity (Wildman–Crippen MR) is 104 cm³/mol. The van der Waals surface area contributed by atoms with Crippen molar-refractivity contribution in [2.45, 2.75) is 0 Å². The molecule has 27 heavy (non-hydrogen) atoms. The molecule has 0 saturated carbocycles. The van der Waals surface area contributed by atoms with Gasteiger partial charge in [-0.15, -0.1) is 0 Å². The average molecular weight is 359 g/mol. The molecule has 4 rings (SSSR count). The van der Waals surface area contributed by atoms with Gasteiger partial charge in [-0.05, 0) is 40.6 Å². The van der Waals surface area contributed by atoms with Gasteiger partial charge in [0.25, 0.3) is 0 Å². The number of aliphatic imine (C=N–C) groups is 1. The molecule has 0 aliphatic carbocycles. The van der Waals surface area contributed by atoms with Gasteiger partial charge in [0, 0.05) is 11.6 Å². The van der Waals surface area contributed by atoms with Crippen molar-refractivity contribution < 1.29 is 19.0 Å². The van der Waals surface area contributed by atoms with Crippen molar-refractivity contribution in [3.8, 4) is 11.5 Å². The van der Waals surface area contributed by atoms with E-state index >= 15 is 0 Å². The summed E-state index contributed by atoms with van der Waals surface area (Å²) in [5.41, 5.74) is 1.75. The maximum absolute atomic E-state index is 12.3. The number of rotatable bonds is 4. The molecule has 5 heteroatoms. The Morgan fingerprint density at radius 1 is 0.889 bits per heavy atom. The highest BCUT2D eigenvalue weighted by molar-refractivity contribution is 6.13. The van der Waals surface area contributed by atoms with Gasteiger partial charge in [0.2, 0.25) is 5.90 Å². The summed E-state index contributed by atoms with van der Waals surface area (Å²) in [7, 11) is 3.12. The van der Waals surface area contributed by atoms with Gasteiger partial charge in [0.15, 0.2) is 5.70 Å². The monoisotopic (exact) mass is 359 g/mol. The molecule has 0 N–H and O–H groups in total. The highest BCUT2D eigenvalue weighted by atomic mass is 16.6. The number of hydrogen-bond donors (Lipinski definition) is 0. The van der Waals surface area contributed by atoms with E-state index in [0.717, 1.165) is 16.3 Å². The summed E-state index contributed by atoms with van der Waals surface area (Å²) in [6.45, 7) is 0. The van der Waals surface area contributed by atoms with Crippen LogP contribution in [0.4, 0.5) is 0 Å². The summed E-state index contributed by atoms with van der Waals surface area (Å²) < 4.78 is 15.9. The number of hydrogen-bond acceptors (Lipinski definition) is 5. The Hall–Kier alpha value is -3.60. The number of fused-ring (bicyclic) bond motifs is 1. The highest BCUT2D eigenvalue weighted by Crippen LogP contribution is 2.27. The molecule has 5 nitrogen and oxygen atoms in total. The summed E-state index contributed by atoms with van der Waals surface area (Å²) in [5.74, 6) is 0.925. The number of carbonyl (C=O) groups is 1. The van der Waals surface area contributed by atoms with Crippen LogP contribution >= 0.6 is 0 Å². The number of methoxy groups -OCH3 is 2. The van der Waals surface area contributed by atoms with E-state index in [9.17, 15) is 4.79 Å². The molecule has 1 aliphatic rings. The lowest BCUT2D eigenvalue weighted by atomic mass is 10.1. The van der Waals surface area contributed by atoms with Crippen molar-refractivity contribution in [3.63, 3.8) is 0 Å². The normalized spacial score (nSPS) is 15.0. The minimum Gasteiger partial charge on any atom is -0.497 e. The van der Waals surface area contributed by atoms with E-state index in [1.54, 1.807) is 38.5 Å². The first kappa shape index (κ1) is 16.8. The standard InChI is InChI=1S/C22H17NO4/c1-25-18-11-17(12-19(13-18)26-2)21-23-20(22(24)27-21)10-14-7-8-15-5-3-4-6-16(15)9-14/h3-13H,1-2H3/b20-10-. The van der Waals surface area contributed by atoms with Gasteiger partial charge >= 0.3 is 5.97 Å². The largest absolute Gasteiger partial charge is 0.497 e. The Morgan fingerprint density at radius 3 is 2.30 bits per heavy atom. The SMILES string of the molecule is COc1cc(OC)cc(C2=N/C(=C\c3ccc4ccccc4c3)C(=O)O2)c1. The molecular formula is C22H17NO4. The van der Waals surface area contributed by atoms with Gasteiger partial charge in [-0.1, -0.05) is 36.4 Å². The van der Waals surface area contributed by atoms with E-state index in [1.165, 1.54) is 0 Å². The molecule has 0 spiro atoms. The Bertz CT molecular complexity index is 1080. The minimum absolute atomic E-state index is 0.226. The van der Waals surface area contributed by atoms with E-state index < -0.39 is 5.97 Å². The van der Waals surface area contributed by atoms with Crippen LogP contribution in [0.1, 0.15) is 11.1 Å². The highest BCUT2D eigenvalue weighted by Gasteiger charge is 2.25. The van der Waals surface area contributed by atoms with Crippen LogP contribution in [0.2, 0.25) is 0 Å². The van der Waals surface area contributed by atoms with Crippen molar-refractivity contribution in [2.75, 3.05) is 14.2 Å². The average Bonchev–Trinajstić information content (AvgIpc) is 3.07. The lowest BCUT2D eigenvalue weighted by molar-refractivity contribution is -0.129. The zero-order valence-corrected chi connectivity index (χ0v) is 14.9. The molecule has 1 aliphatic heterocycles. The number of carbonyl (C=O) groups excluding carboxylic acids is 1. The van der Waals surface area contributed by atoms with Crippen LogP contribution in [0, 0.1) is 0 Å². The maximum atomic E-state index is 12.3. The quantitative estimate of drug-likeness (QED) is 0.517. The second-order valence-electron chi connectivity index (χ2n) is 6.04. The molecule has 0 fully saturated rings. The molecule has 0 aromatic heterocycles. The topological polar surface area (TPSA) is 57.1 Å². The summed E-state index contributed by atoms with van der Waals surface area (Å²) in [6, 6.07) is 19.3. The lowest BCUT2D eigenvalue weighted by Crippen LogP contribution is -2.06. The van der Waals surface area contributed by atoms with Crippen LogP contribution in [0.15, 0.2) is 71.4 Å².